The molecular formula is C12H15N3O4S2. The lowest BCUT2D eigenvalue weighted by molar-refractivity contribution is -0.142. The lowest BCUT2D eigenvalue weighted by Crippen LogP contribution is -2.35. The zero-order chi connectivity index (χ0) is 15.6. The van der Waals surface area contributed by atoms with E-state index in [0.717, 1.165) is 11.7 Å². The van der Waals surface area contributed by atoms with Gasteiger partial charge in [0.15, 0.2) is 0 Å². The van der Waals surface area contributed by atoms with Crippen molar-refractivity contribution in [2.24, 2.45) is 11.8 Å². The van der Waals surface area contributed by atoms with Crippen molar-refractivity contribution in [2.75, 3.05) is 6.54 Å². The molecule has 0 saturated heterocycles. The summed E-state index contributed by atoms with van der Waals surface area (Å²) < 4.78 is 35.0. The zero-order valence-corrected chi connectivity index (χ0v) is 13.1. The molecule has 21 heavy (non-hydrogen) atoms. The number of benzene rings is 1. The molecule has 0 aliphatic rings. The molecule has 0 saturated carbocycles. The Bertz CT molecular complexity index is 755. The van der Waals surface area contributed by atoms with Gasteiger partial charge in [0.1, 0.15) is 15.9 Å². The van der Waals surface area contributed by atoms with E-state index in [1.807, 2.05) is 0 Å². The molecule has 0 aliphatic heterocycles. The Morgan fingerprint density at radius 2 is 2.10 bits per heavy atom. The van der Waals surface area contributed by atoms with Gasteiger partial charge in [0.2, 0.25) is 10.0 Å². The van der Waals surface area contributed by atoms with Gasteiger partial charge in [0, 0.05) is 6.54 Å². The fourth-order valence-corrected chi connectivity index (χ4v) is 3.71. The summed E-state index contributed by atoms with van der Waals surface area (Å²) in [5.74, 6) is -1.99. The first-order valence-corrected chi connectivity index (χ1v) is 8.48. The number of aromatic nitrogens is 2. The molecule has 7 nitrogen and oxygen atoms in total. The second-order valence-electron chi connectivity index (χ2n) is 4.93. The summed E-state index contributed by atoms with van der Waals surface area (Å²) in [6.07, 6.45) is 0. The Hall–Kier alpha value is -1.58. The maximum absolute atomic E-state index is 12.3. The number of aliphatic carboxylic acids is 1. The van der Waals surface area contributed by atoms with Crippen LogP contribution in [-0.4, -0.2) is 34.8 Å². The average Bonchev–Trinajstić information content (AvgIpc) is 2.85. The van der Waals surface area contributed by atoms with Crippen LogP contribution in [0, 0.1) is 11.8 Å². The summed E-state index contributed by atoms with van der Waals surface area (Å²) in [5.41, 5.74) is 0.799. The van der Waals surface area contributed by atoms with Gasteiger partial charge in [0.05, 0.1) is 17.6 Å². The third-order valence-electron chi connectivity index (χ3n) is 3.15. The fourth-order valence-electron chi connectivity index (χ4n) is 1.88. The number of carboxylic acids is 1. The van der Waals surface area contributed by atoms with Crippen molar-refractivity contribution in [3.05, 3.63) is 18.2 Å². The standard InChI is InChI=1S/C12H15N3O4S2/c1-7(2)8(12(16)17)6-13-21(18,19)10-5-3-4-9-11(10)15-20-14-9/h3-5,7-8,13H,6H2,1-2H3,(H,16,17). The summed E-state index contributed by atoms with van der Waals surface area (Å²) in [6.45, 7) is 3.31. The van der Waals surface area contributed by atoms with E-state index in [0.29, 0.717) is 11.0 Å². The summed E-state index contributed by atoms with van der Waals surface area (Å²) in [4.78, 5) is 11.1. The van der Waals surface area contributed by atoms with E-state index in [-0.39, 0.29) is 17.4 Å². The number of nitrogens with one attached hydrogen (secondary N) is 1. The summed E-state index contributed by atoms with van der Waals surface area (Å²) in [5, 5.41) is 9.09. The van der Waals surface area contributed by atoms with Crippen LogP contribution in [0.3, 0.4) is 0 Å². The maximum Gasteiger partial charge on any atom is 0.308 e. The fraction of sp³-hybridized carbons (Fsp3) is 0.417. The molecule has 0 radical (unpaired) electrons. The maximum atomic E-state index is 12.3. The lowest BCUT2D eigenvalue weighted by Gasteiger charge is -2.16. The lowest BCUT2D eigenvalue weighted by atomic mass is 9.97. The highest BCUT2D eigenvalue weighted by Crippen LogP contribution is 2.21. The molecule has 114 valence electrons. The van der Waals surface area contributed by atoms with E-state index in [4.69, 9.17) is 5.11 Å². The van der Waals surface area contributed by atoms with Gasteiger partial charge in [-0.3, -0.25) is 4.79 Å². The van der Waals surface area contributed by atoms with Crippen molar-refractivity contribution < 1.29 is 18.3 Å². The van der Waals surface area contributed by atoms with Crippen molar-refractivity contribution in [1.82, 2.24) is 13.5 Å². The molecule has 2 N–H and O–H groups in total. The highest BCUT2D eigenvalue weighted by atomic mass is 32.2. The zero-order valence-electron chi connectivity index (χ0n) is 11.5. The van der Waals surface area contributed by atoms with Gasteiger partial charge in [-0.1, -0.05) is 19.9 Å². The molecule has 0 aliphatic carbocycles. The minimum Gasteiger partial charge on any atom is -0.481 e. The molecule has 0 amide bonds. The molecule has 1 atom stereocenters. The SMILES string of the molecule is CC(C)C(CNS(=O)(=O)c1cccc2nsnc12)C(=O)O. The smallest absolute Gasteiger partial charge is 0.308 e. The first kappa shape index (κ1) is 15.8. The molecule has 9 heteroatoms. The largest absolute Gasteiger partial charge is 0.481 e. The van der Waals surface area contributed by atoms with Crippen molar-refractivity contribution in [1.29, 1.82) is 0 Å². The summed E-state index contributed by atoms with van der Waals surface area (Å²) >= 11 is 0.931. The van der Waals surface area contributed by atoms with Crippen LogP contribution >= 0.6 is 11.7 Å². The van der Waals surface area contributed by atoms with Crippen LogP contribution in [0.15, 0.2) is 23.1 Å². The first-order valence-electron chi connectivity index (χ1n) is 6.26. The number of nitrogens with zero attached hydrogens (tertiary/aromatic N) is 2. The van der Waals surface area contributed by atoms with Gasteiger partial charge in [-0.2, -0.15) is 8.75 Å². The topological polar surface area (TPSA) is 109 Å². The quantitative estimate of drug-likeness (QED) is 0.827. The third kappa shape index (κ3) is 3.36. The highest BCUT2D eigenvalue weighted by molar-refractivity contribution is 7.89. The van der Waals surface area contributed by atoms with Gasteiger partial charge < -0.3 is 5.11 Å². The molecular weight excluding hydrogens is 314 g/mol. The molecule has 2 aromatic rings. The third-order valence-corrected chi connectivity index (χ3v) is 5.15. The highest BCUT2D eigenvalue weighted by Gasteiger charge is 2.26. The van der Waals surface area contributed by atoms with Gasteiger partial charge >= 0.3 is 5.97 Å². The molecule has 1 aromatic heterocycles. The second-order valence-corrected chi connectivity index (χ2v) is 7.19. The predicted molar refractivity (Wildman–Crippen MR) is 78.6 cm³/mol. The Balaban J connectivity index is 2.27. The number of hydrogen-bond donors (Lipinski definition) is 2. The minimum absolute atomic E-state index is 0.0154. The monoisotopic (exact) mass is 329 g/mol. The van der Waals surface area contributed by atoms with Crippen LogP contribution in [0.2, 0.25) is 0 Å². The Morgan fingerprint density at radius 3 is 2.71 bits per heavy atom. The van der Waals surface area contributed by atoms with Crippen molar-refractivity contribution in [2.45, 2.75) is 18.7 Å². The van der Waals surface area contributed by atoms with E-state index in [2.05, 4.69) is 13.5 Å². The number of sulfonamides is 1. The first-order chi connectivity index (χ1) is 9.83. The van der Waals surface area contributed by atoms with Crippen molar-refractivity contribution >= 4 is 38.8 Å². The molecule has 0 spiro atoms. The second kappa shape index (κ2) is 6.04. The number of hydrogen-bond acceptors (Lipinski definition) is 6. The van der Waals surface area contributed by atoms with Gasteiger partial charge in [-0.15, -0.1) is 0 Å². The molecule has 1 aromatic carbocycles. The van der Waals surface area contributed by atoms with E-state index in [9.17, 15) is 13.2 Å². The number of carbonyl (C=O) groups is 1. The average molecular weight is 329 g/mol. The van der Waals surface area contributed by atoms with E-state index in [1.165, 1.54) is 6.07 Å². The van der Waals surface area contributed by atoms with Crippen LogP contribution < -0.4 is 4.72 Å². The Morgan fingerprint density at radius 1 is 1.38 bits per heavy atom. The Kier molecular flexibility index (Phi) is 4.55. The normalized spacial score (nSPS) is 13.7. The van der Waals surface area contributed by atoms with Gasteiger partial charge in [0.25, 0.3) is 0 Å². The van der Waals surface area contributed by atoms with E-state index in [1.54, 1.807) is 26.0 Å². The van der Waals surface area contributed by atoms with E-state index >= 15 is 0 Å². The number of rotatable bonds is 6. The number of fused-ring (bicyclic) bond motifs is 1. The van der Waals surface area contributed by atoms with Crippen LogP contribution in [0.5, 0.6) is 0 Å². The van der Waals surface area contributed by atoms with Crippen LogP contribution in [0.1, 0.15) is 13.8 Å². The molecule has 0 bridgehead atoms. The summed E-state index contributed by atoms with van der Waals surface area (Å²) in [6, 6.07) is 4.68. The molecule has 2 rings (SSSR count). The van der Waals surface area contributed by atoms with Crippen LogP contribution in [0.25, 0.3) is 11.0 Å². The minimum atomic E-state index is -3.83. The number of carboxylic acid groups (broad SMARTS) is 1. The van der Waals surface area contributed by atoms with E-state index < -0.39 is 21.9 Å². The molecule has 1 unspecified atom stereocenters. The van der Waals surface area contributed by atoms with Crippen molar-refractivity contribution in [3.8, 4) is 0 Å². The van der Waals surface area contributed by atoms with Gasteiger partial charge in [-0.25, -0.2) is 13.1 Å². The van der Waals surface area contributed by atoms with Crippen LogP contribution in [0.4, 0.5) is 0 Å². The Labute approximate surface area is 126 Å². The molecule has 0 fully saturated rings. The van der Waals surface area contributed by atoms with Gasteiger partial charge in [-0.05, 0) is 18.1 Å². The van der Waals surface area contributed by atoms with Crippen molar-refractivity contribution in [3.63, 3.8) is 0 Å². The van der Waals surface area contributed by atoms with Crippen LogP contribution in [-0.2, 0) is 14.8 Å². The summed E-state index contributed by atoms with van der Waals surface area (Å²) in [7, 11) is -3.83. The molecule has 1 heterocycles. The predicted octanol–water partition coefficient (Wildman–Crippen LogP) is 1.33.